The number of hydrogen-bond donors (Lipinski definition) is 2. The Labute approximate surface area is 118 Å². The van der Waals surface area contributed by atoms with E-state index in [1.807, 2.05) is 0 Å². The maximum Gasteiger partial charge on any atom is 0.140 e. The Morgan fingerprint density at radius 3 is 2.90 bits per heavy atom. The summed E-state index contributed by atoms with van der Waals surface area (Å²) in [5.74, 6) is 1.35. The van der Waals surface area contributed by atoms with Crippen molar-refractivity contribution in [2.24, 2.45) is 10.9 Å². The van der Waals surface area contributed by atoms with Crippen LogP contribution < -0.4 is 10.6 Å². The smallest absolute Gasteiger partial charge is 0.140 e. The summed E-state index contributed by atoms with van der Waals surface area (Å²) in [5, 5.41) is 11.7. The van der Waals surface area contributed by atoms with Crippen molar-refractivity contribution in [1.29, 1.82) is 0 Å². The molecule has 1 aromatic rings. The van der Waals surface area contributed by atoms with E-state index in [9.17, 15) is 0 Å². The molecule has 0 spiro atoms. The Kier molecular flexibility index (Phi) is 3.71. The van der Waals surface area contributed by atoms with Crippen molar-refractivity contribution in [2.45, 2.75) is 51.0 Å². The molecule has 3 N–H and O–H groups in total. The highest BCUT2D eigenvalue weighted by Crippen LogP contribution is 2.35. The Morgan fingerprint density at radius 1 is 1.35 bits per heavy atom. The Balaban J connectivity index is 1.84. The van der Waals surface area contributed by atoms with Crippen LogP contribution in [0.1, 0.15) is 43.4 Å². The van der Waals surface area contributed by atoms with Crippen molar-refractivity contribution in [1.82, 2.24) is 9.97 Å². The molecule has 3 rings (SSSR count). The quantitative estimate of drug-likeness (QED) is 0.367. The van der Waals surface area contributed by atoms with Gasteiger partial charge in [-0.3, -0.25) is 0 Å². The van der Waals surface area contributed by atoms with Gasteiger partial charge in [0, 0.05) is 30.3 Å². The lowest BCUT2D eigenvalue weighted by Crippen LogP contribution is -2.32. The zero-order chi connectivity index (χ0) is 13.9. The largest absolute Gasteiger partial charge is 0.409 e. The van der Waals surface area contributed by atoms with Crippen molar-refractivity contribution in [3.8, 4) is 0 Å². The normalized spacial score (nSPS) is 18.7. The van der Waals surface area contributed by atoms with Crippen molar-refractivity contribution in [2.75, 3.05) is 11.4 Å². The van der Waals surface area contributed by atoms with E-state index in [2.05, 4.69) is 20.0 Å². The van der Waals surface area contributed by atoms with Gasteiger partial charge in [-0.2, -0.15) is 0 Å². The maximum atomic E-state index is 8.68. The predicted molar refractivity (Wildman–Crippen MR) is 77.1 cm³/mol. The summed E-state index contributed by atoms with van der Waals surface area (Å²) in [7, 11) is 0. The molecule has 0 bridgehead atoms. The number of rotatable bonds is 5. The summed E-state index contributed by atoms with van der Waals surface area (Å²) in [5.41, 5.74) is 8.11. The fourth-order valence-electron chi connectivity index (χ4n) is 2.88. The molecule has 1 heterocycles. The minimum Gasteiger partial charge on any atom is -0.409 e. The monoisotopic (exact) mass is 275 g/mol. The number of fused-ring (bicyclic) bond motifs is 1. The molecule has 6 nitrogen and oxygen atoms in total. The van der Waals surface area contributed by atoms with Crippen LogP contribution in [0.3, 0.4) is 0 Å². The second-order valence-electron chi connectivity index (χ2n) is 5.60. The molecule has 1 fully saturated rings. The van der Waals surface area contributed by atoms with Gasteiger partial charge in [-0.05, 0) is 38.5 Å². The highest BCUT2D eigenvalue weighted by molar-refractivity contribution is 5.80. The number of amidine groups is 1. The lowest BCUT2D eigenvalue weighted by molar-refractivity contribution is 0.317. The number of aryl methyl sites for hydroxylation is 1. The van der Waals surface area contributed by atoms with Crippen LogP contribution in [0.4, 0.5) is 5.82 Å². The Hall–Kier alpha value is -1.85. The number of nitrogens with zero attached hydrogens (tertiary/aromatic N) is 4. The van der Waals surface area contributed by atoms with Gasteiger partial charge in [0.1, 0.15) is 18.0 Å². The van der Waals surface area contributed by atoms with Gasteiger partial charge >= 0.3 is 0 Å². The second-order valence-corrected chi connectivity index (χ2v) is 5.60. The van der Waals surface area contributed by atoms with Crippen LogP contribution in [-0.4, -0.2) is 33.6 Å². The van der Waals surface area contributed by atoms with Gasteiger partial charge in [0.2, 0.25) is 0 Å². The van der Waals surface area contributed by atoms with Crippen LogP contribution in [-0.2, 0) is 12.8 Å². The lowest BCUT2D eigenvalue weighted by Gasteiger charge is -2.28. The fraction of sp³-hybridized carbons (Fsp3) is 0.643. The van der Waals surface area contributed by atoms with E-state index in [-0.39, 0.29) is 5.84 Å². The second kappa shape index (κ2) is 5.64. The molecular formula is C14H21N5O. The average molecular weight is 275 g/mol. The third kappa shape index (κ3) is 2.69. The van der Waals surface area contributed by atoms with Gasteiger partial charge in [-0.15, -0.1) is 0 Å². The molecule has 108 valence electrons. The molecule has 0 atom stereocenters. The molecule has 6 heteroatoms. The third-order valence-electron chi connectivity index (χ3n) is 4.10. The number of aromatic nitrogens is 2. The minimum absolute atomic E-state index is 0.276. The van der Waals surface area contributed by atoms with Gasteiger partial charge < -0.3 is 15.8 Å². The van der Waals surface area contributed by atoms with Crippen LogP contribution in [0.25, 0.3) is 0 Å². The standard InChI is InChI=1S/C14H21N5O/c15-13(18-20)7-8-19(10-5-6-10)14-11-3-1-2-4-12(11)16-9-17-14/h9-10,20H,1-8H2,(H2,15,18). The summed E-state index contributed by atoms with van der Waals surface area (Å²) < 4.78 is 0. The lowest BCUT2D eigenvalue weighted by atomic mass is 9.96. The Morgan fingerprint density at radius 2 is 2.15 bits per heavy atom. The maximum absolute atomic E-state index is 8.68. The van der Waals surface area contributed by atoms with Crippen LogP contribution >= 0.6 is 0 Å². The summed E-state index contributed by atoms with van der Waals surface area (Å²) in [6.45, 7) is 0.754. The molecular weight excluding hydrogens is 254 g/mol. The van der Waals surface area contributed by atoms with E-state index >= 15 is 0 Å². The third-order valence-corrected chi connectivity index (χ3v) is 4.10. The molecule has 0 unspecified atom stereocenters. The van der Waals surface area contributed by atoms with Gasteiger partial charge in [0.25, 0.3) is 0 Å². The summed E-state index contributed by atoms with van der Waals surface area (Å²) >= 11 is 0. The van der Waals surface area contributed by atoms with Crippen LogP contribution in [0.5, 0.6) is 0 Å². The summed E-state index contributed by atoms with van der Waals surface area (Å²) in [6, 6.07) is 0.558. The molecule has 0 amide bonds. The van der Waals surface area contributed by atoms with Gasteiger partial charge in [-0.25, -0.2) is 9.97 Å². The van der Waals surface area contributed by atoms with E-state index < -0.39 is 0 Å². The van der Waals surface area contributed by atoms with E-state index in [1.165, 1.54) is 36.9 Å². The molecule has 20 heavy (non-hydrogen) atoms. The zero-order valence-corrected chi connectivity index (χ0v) is 11.6. The number of nitrogens with two attached hydrogens (primary N) is 1. The zero-order valence-electron chi connectivity index (χ0n) is 11.6. The van der Waals surface area contributed by atoms with E-state index in [4.69, 9.17) is 10.9 Å². The van der Waals surface area contributed by atoms with Gasteiger partial charge in [0.15, 0.2) is 0 Å². The van der Waals surface area contributed by atoms with Crippen molar-refractivity contribution < 1.29 is 5.21 Å². The first-order valence-corrected chi connectivity index (χ1v) is 7.35. The van der Waals surface area contributed by atoms with Gasteiger partial charge in [-0.1, -0.05) is 5.16 Å². The van der Waals surface area contributed by atoms with Crippen LogP contribution in [0.2, 0.25) is 0 Å². The molecule has 0 aliphatic heterocycles. The number of hydrogen-bond acceptors (Lipinski definition) is 5. The van der Waals surface area contributed by atoms with Crippen molar-refractivity contribution >= 4 is 11.7 Å². The van der Waals surface area contributed by atoms with Crippen LogP contribution in [0.15, 0.2) is 11.5 Å². The van der Waals surface area contributed by atoms with Crippen LogP contribution in [0, 0.1) is 0 Å². The molecule has 0 aromatic carbocycles. The molecule has 1 aromatic heterocycles. The minimum atomic E-state index is 0.276. The number of anilines is 1. The first-order chi connectivity index (χ1) is 9.79. The fourth-order valence-corrected chi connectivity index (χ4v) is 2.88. The highest BCUT2D eigenvalue weighted by Gasteiger charge is 2.32. The summed E-state index contributed by atoms with van der Waals surface area (Å²) in [4.78, 5) is 11.3. The first-order valence-electron chi connectivity index (χ1n) is 7.35. The molecule has 0 saturated heterocycles. The van der Waals surface area contributed by atoms with Crippen molar-refractivity contribution in [3.05, 3.63) is 17.6 Å². The van der Waals surface area contributed by atoms with E-state index in [1.54, 1.807) is 6.33 Å². The summed E-state index contributed by atoms with van der Waals surface area (Å²) in [6.07, 6.45) is 9.21. The highest BCUT2D eigenvalue weighted by atomic mass is 16.4. The van der Waals surface area contributed by atoms with E-state index in [0.29, 0.717) is 12.5 Å². The number of oxime groups is 1. The van der Waals surface area contributed by atoms with Crippen molar-refractivity contribution in [3.63, 3.8) is 0 Å². The van der Waals surface area contributed by atoms with Gasteiger partial charge in [0.05, 0.1) is 0 Å². The Bertz CT molecular complexity index is 512. The first kappa shape index (κ1) is 13.1. The average Bonchev–Trinajstić information content (AvgIpc) is 3.32. The molecule has 2 aliphatic carbocycles. The topological polar surface area (TPSA) is 87.6 Å². The molecule has 2 aliphatic rings. The van der Waals surface area contributed by atoms with E-state index in [0.717, 1.165) is 25.2 Å². The molecule has 0 radical (unpaired) electrons. The molecule has 1 saturated carbocycles. The predicted octanol–water partition coefficient (Wildman–Crippen LogP) is 1.46. The SMILES string of the molecule is NC(CCN(c1ncnc2c1CCCC2)C1CC1)=NO.